The third-order valence-electron chi connectivity index (χ3n) is 5.35. The van der Waals surface area contributed by atoms with Crippen LogP contribution in [0.15, 0.2) is 42.2 Å². The highest BCUT2D eigenvalue weighted by Gasteiger charge is 2.47. The van der Waals surface area contributed by atoms with E-state index in [-0.39, 0.29) is 11.5 Å². The van der Waals surface area contributed by atoms with E-state index < -0.39 is 11.2 Å². The second-order valence-corrected chi connectivity index (χ2v) is 8.80. The molecular weight excluding hydrogens is 372 g/mol. The number of hydrogen-bond acceptors (Lipinski definition) is 3. The fourth-order valence-electron chi connectivity index (χ4n) is 3.94. The molecule has 1 aliphatic rings. The van der Waals surface area contributed by atoms with Gasteiger partial charge >= 0.3 is 0 Å². The number of halogens is 1. The molecule has 0 atom stereocenters. The van der Waals surface area contributed by atoms with E-state index in [0.29, 0.717) is 10.6 Å². The standard InChI is InChI=1S/C24H27ClO3/c1-7-15-13-16(18-11-9-17(25)12-14(18)2)8-10-19(15)20-21(26)23(3,4)28-24(5,6)22(20)27/h8-13,26H,7H2,1-6H3. The van der Waals surface area contributed by atoms with E-state index in [2.05, 4.69) is 13.0 Å². The quantitative estimate of drug-likeness (QED) is 0.659. The molecule has 1 heterocycles. The van der Waals surface area contributed by atoms with Crippen LogP contribution in [0, 0.1) is 6.92 Å². The molecular formula is C24H27ClO3. The molecule has 0 amide bonds. The summed E-state index contributed by atoms with van der Waals surface area (Å²) in [6.07, 6.45) is 0.738. The van der Waals surface area contributed by atoms with E-state index in [0.717, 1.165) is 34.2 Å². The molecule has 0 saturated carbocycles. The van der Waals surface area contributed by atoms with Gasteiger partial charge in [-0.1, -0.05) is 42.8 Å². The fraction of sp³-hybridized carbons (Fsp3) is 0.375. The highest BCUT2D eigenvalue weighted by atomic mass is 35.5. The number of carbonyl (C=O) groups is 1. The molecule has 148 valence electrons. The van der Waals surface area contributed by atoms with Crippen LogP contribution in [-0.4, -0.2) is 22.1 Å². The summed E-state index contributed by atoms with van der Waals surface area (Å²) in [5.74, 6) is -0.212. The number of carbonyl (C=O) groups excluding carboxylic acids is 1. The van der Waals surface area contributed by atoms with Crippen molar-refractivity contribution in [1.82, 2.24) is 0 Å². The molecule has 0 spiro atoms. The van der Waals surface area contributed by atoms with Crippen molar-refractivity contribution in [3.63, 3.8) is 0 Å². The minimum Gasteiger partial charge on any atom is -0.508 e. The predicted octanol–water partition coefficient (Wildman–Crippen LogP) is 6.30. The Labute approximate surface area is 172 Å². The Balaban J connectivity index is 2.19. The largest absolute Gasteiger partial charge is 0.508 e. The predicted molar refractivity (Wildman–Crippen MR) is 115 cm³/mol. The number of aryl methyl sites for hydroxylation is 2. The number of benzene rings is 2. The monoisotopic (exact) mass is 398 g/mol. The molecule has 3 rings (SSSR count). The third kappa shape index (κ3) is 3.49. The van der Waals surface area contributed by atoms with Crippen molar-refractivity contribution in [2.45, 2.75) is 59.2 Å². The van der Waals surface area contributed by atoms with Gasteiger partial charge in [-0.25, -0.2) is 0 Å². The number of ketones is 1. The van der Waals surface area contributed by atoms with Crippen LogP contribution in [0.2, 0.25) is 5.02 Å². The van der Waals surface area contributed by atoms with E-state index in [1.807, 2.05) is 37.3 Å². The second kappa shape index (κ2) is 7.06. The highest BCUT2D eigenvalue weighted by Crippen LogP contribution is 2.41. The summed E-state index contributed by atoms with van der Waals surface area (Å²) in [6, 6.07) is 11.9. The molecule has 3 nitrogen and oxygen atoms in total. The Kier molecular flexibility index (Phi) is 5.20. The van der Waals surface area contributed by atoms with Crippen molar-refractivity contribution in [3.05, 3.63) is 63.9 Å². The maximum absolute atomic E-state index is 13.1. The van der Waals surface area contributed by atoms with Gasteiger partial charge in [-0.15, -0.1) is 0 Å². The van der Waals surface area contributed by atoms with Crippen LogP contribution in [-0.2, 0) is 16.0 Å². The summed E-state index contributed by atoms with van der Waals surface area (Å²) < 4.78 is 5.86. The van der Waals surface area contributed by atoms with Crippen LogP contribution in [0.5, 0.6) is 0 Å². The summed E-state index contributed by atoms with van der Waals surface area (Å²) in [6.45, 7) is 11.2. The van der Waals surface area contributed by atoms with Crippen LogP contribution in [0.25, 0.3) is 16.7 Å². The average molecular weight is 399 g/mol. The normalized spacial score (nSPS) is 18.5. The van der Waals surface area contributed by atoms with Gasteiger partial charge in [0.05, 0.1) is 5.57 Å². The molecule has 0 radical (unpaired) electrons. The molecule has 4 heteroatoms. The van der Waals surface area contributed by atoms with Gasteiger partial charge in [-0.2, -0.15) is 0 Å². The van der Waals surface area contributed by atoms with E-state index in [4.69, 9.17) is 16.3 Å². The molecule has 28 heavy (non-hydrogen) atoms. The van der Waals surface area contributed by atoms with Crippen molar-refractivity contribution >= 4 is 23.0 Å². The minimum atomic E-state index is -0.998. The number of aliphatic hydroxyl groups excluding tert-OH is 1. The number of rotatable bonds is 3. The van der Waals surface area contributed by atoms with Gasteiger partial charge in [0.25, 0.3) is 0 Å². The van der Waals surface area contributed by atoms with E-state index in [1.54, 1.807) is 27.7 Å². The van der Waals surface area contributed by atoms with Crippen LogP contribution >= 0.6 is 11.6 Å². The molecule has 1 N–H and O–H groups in total. The summed E-state index contributed by atoms with van der Waals surface area (Å²) in [7, 11) is 0. The first-order chi connectivity index (χ1) is 13.0. The van der Waals surface area contributed by atoms with Gasteiger partial charge in [-0.05, 0) is 81.0 Å². The molecule has 0 aromatic heterocycles. The van der Waals surface area contributed by atoms with Gasteiger partial charge in [0, 0.05) is 5.02 Å². The number of hydrogen-bond donors (Lipinski definition) is 1. The van der Waals surface area contributed by atoms with E-state index in [1.165, 1.54) is 0 Å². The lowest BCUT2D eigenvalue weighted by Gasteiger charge is -2.40. The second-order valence-electron chi connectivity index (χ2n) is 8.36. The van der Waals surface area contributed by atoms with E-state index >= 15 is 0 Å². The first kappa shape index (κ1) is 20.6. The summed E-state index contributed by atoms with van der Waals surface area (Å²) in [5.41, 5.74) is 3.46. The van der Waals surface area contributed by atoms with Gasteiger partial charge in [0.15, 0.2) is 5.78 Å². The van der Waals surface area contributed by atoms with Crippen LogP contribution in [0.3, 0.4) is 0 Å². The van der Waals surface area contributed by atoms with Gasteiger partial charge < -0.3 is 9.84 Å². The first-order valence-electron chi connectivity index (χ1n) is 9.56. The van der Waals surface area contributed by atoms with Crippen molar-refractivity contribution in [2.75, 3.05) is 0 Å². The van der Waals surface area contributed by atoms with Gasteiger partial charge in [0.1, 0.15) is 17.0 Å². The number of Topliss-reactive ketones (excluding diaryl/α,β-unsaturated/α-hetero) is 1. The smallest absolute Gasteiger partial charge is 0.198 e. The molecule has 0 unspecified atom stereocenters. The summed E-state index contributed by atoms with van der Waals surface area (Å²) >= 11 is 6.09. The Bertz CT molecular complexity index is 983. The lowest BCUT2D eigenvalue weighted by Crippen LogP contribution is -2.49. The zero-order valence-corrected chi connectivity index (χ0v) is 18.1. The Hall–Kier alpha value is -2.10. The first-order valence-corrected chi connectivity index (χ1v) is 9.94. The maximum atomic E-state index is 13.1. The summed E-state index contributed by atoms with van der Waals surface area (Å²) in [5, 5.41) is 11.6. The van der Waals surface area contributed by atoms with Gasteiger partial charge in [-0.3, -0.25) is 4.79 Å². The van der Waals surface area contributed by atoms with Crippen molar-refractivity contribution in [1.29, 1.82) is 0 Å². The van der Waals surface area contributed by atoms with Crippen molar-refractivity contribution < 1.29 is 14.6 Å². The fourth-order valence-corrected chi connectivity index (χ4v) is 4.17. The molecule has 2 aromatic carbocycles. The Morgan fingerprint density at radius 3 is 2.25 bits per heavy atom. The highest BCUT2D eigenvalue weighted by molar-refractivity contribution is 6.30. The zero-order valence-electron chi connectivity index (χ0n) is 17.3. The molecule has 0 saturated heterocycles. The van der Waals surface area contributed by atoms with E-state index in [9.17, 15) is 9.90 Å². The molecule has 0 aliphatic carbocycles. The van der Waals surface area contributed by atoms with Crippen molar-refractivity contribution in [3.8, 4) is 11.1 Å². The number of aliphatic hydroxyl groups is 1. The maximum Gasteiger partial charge on any atom is 0.198 e. The number of ether oxygens (including phenoxy) is 1. The third-order valence-corrected chi connectivity index (χ3v) is 5.58. The SMILES string of the molecule is CCc1cc(-c2ccc(Cl)cc2C)ccc1C1=C(O)C(C)(C)OC(C)(C)C1=O. The molecule has 0 bridgehead atoms. The topological polar surface area (TPSA) is 46.5 Å². The molecule has 0 fully saturated rings. The summed E-state index contributed by atoms with van der Waals surface area (Å²) in [4.78, 5) is 13.1. The molecule has 1 aliphatic heterocycles. The zero-order chi connectivity index (χ0) is 20.9. The lowest BCUT2D eigenvalue weighted by atomic mass is 9.81. The van der Waals surface area contributed by atoms with Crippen LogP contribution in [0.1, 0.15) is 51.3 Å². The Morgan fingerprint density at radius 2 is 1.64 bits per heavy atom. The van der Waals surface area contributed by atoms with Crippen molar-refractivity contribution in [2.24, 2.45) is 0 Å². The minimum absolute atomic E-state index is 0.0121. The van der Waals surface area contributed by atoms with Crippen LogP contribution < -0.4 is 0 Å². The average Bonchev–Trinajstić information content (AvgIpc) is 2.60. The lowest BCUT2D eigenvalue weighted by molar-refractivity contribution is -0.158. The van der Waals surface area contributed by atoms with Gasteiger partial charge in [0.2, 0.25) is 0 Å². The molecule has 2 aromatic rings. The Morgan fingerprint density at radius 1 is 1.00 bits per heavy atom. The van der Waals surface area contributed by atoms with Crippen LogP contribution in [0.4, 0.5) is 0 Å².